The number of rotatable bonds is 2. The van der Waals surface area contributed by atoms with Gasteiger partial charge in [0.05, 0.1) is 18.1 Å². The van der Waals surface area contributed by atoms with Crippen molar-refractivity contribution in [2.75, 3.05) is 7.05 Å². The molecule has 2 aliphatic rings. The summed E-state index contributed by atoms with van der Waals surface area (Å²) in [5.74, 6) is 0.113. The summed E-state index contributed by atoms with van der Waals surface area (Å²) in [4.78, 5) is 14.4. The summed E-state index contributed by atoms with van der Waals surface area (Å²) in [6.45, 7) is 0. The molecule has 0 aromatic carbocycles. The Hall–Kier alpha value is -0.610. The highest BCUT2D eigenvalue weighted by atomic mass is 16.3. The van der Waals surface area contributed by atoms with Gasteiger partial charge in [0, 0.05) is 13.1 Å². The van der Waals surface area contributed by atoms with E-state index in [0.29, 0.717) is 0 Å². The summed E-state index contributed by atoms with van der Waals surface area (Å²) in [5, 5.41) is 10.1. The van der Waals surface area contributed by atoms with E-state index in [9.17, 15) is 9.90 Å². The van der Waals surface area contributed by atoms with E-state index in [1.807, 2.05) is 7.05 Å². The van der Waals surface area contributed by atoms with Crippen LogP contribution in [0.4, 0.5) is 0 Å². The molecule has 3 N–H and O–H groups in total. The summed E-state index contributed by atoms with van der Waals surface area (Å²) in [5.41, 5.74) is 6.17. The molecule has 110 valence electrons. The molecule has 0 aromatic rings. The molecule has 2 saturated carbocycles. The Kier molecular flexibility index (Phi) is 5.22. The van der Waals surface area contributed by atoms with Crippen LogP contribution >= 0.6 is 0 Å². The molecule has 2 rings (SSSR count). The van der Waals surface area contributed by atoms with Crippen molar-refractivity contribution >= 4 is 5.91 Å². The fourth-order valence-corrected chi connectivity index (χ4v) is 3.61. The van der Waals surface area contributed by atoms with E-state index in [0.717, 1.165) is 51.4 Å². The van der Waals surface area contributed by atoms with E-state index in [-0.39, 0.29) is 30.0 Å². The van der Waals surface area contributed by atoms with E-state index in [1.165, 1.54) is 6.42 Å². The third-order valence-corrected chi connectivity index (χ3v) is 4.93. The molecule has 0 aromatic heterocycles. The van der Waals surface area contributed by atoms with E-state index in [2.05, 4.69) is 0 Å². The van der Waals surface area contributed by atoms with Crippen LogP contribution in [0.1, 0.15) is 57.8 Å². The van der Waals surface area contributed by atoms with Crippen LogP contribution in [0, 0.1) is 5.92 Å². The Morgan fingerprint density at radius 2 is 1.68 bits per heavy atom. The first-order valence-electron chi connectivity index (χ1n) is 7.81. The Labute approximate surface area is 116 Å². The molecule has 4 atom stereocenters. The topological polar surface area (TPSA) is 66.6 Å². The van der Waals surface area contributed by atoms with Crippen LogP contribution in [0.5, 0.6) is 0 Å². The van der Waals surface area contributed by atoms with Gasteiger partial charge in [0.15, 0.2) is 0 Å². The first-order chi connectivity index (χ1) is 9.11. The number of nitrogens with zero attached hydrogens (tertiary/aromatic N) is 1. The molecule has 0 spiro atoms. The van der Waals surface area contributed by atoms with Gasteiger partial charge in [-0.05, 0) is 25.7 Å². The van der Waals surface area contributed by atoms with Crippen molar-refractivity contribution < 1.29 is 9.90 Å². The smallest absolute Gasteiger partial charge is 0.227 e. The number of carbonyl (C=O) groups is 1. The molecule has 0 saturated heterocycles. The molecule has 4 unspecified atom stereocenters. The molecule has 2 aliphatic carbocycles. The second-order valence-corrected chi connectivity index (χ2v) is 6.28. The highest BCUT2D eigenvalue weighted by Crippen LogP contribution is 2.27. The van der Waals surface area contributed by atoms with Crippen LogP contribution in [0.25, 0.3) is 0 Å². The molecular weight excluding hydrogens is 240 g/mol. The lowest BCUT2D eigenvalue weighted by Crippen LogP contribution is -2.51. The molecule has 4 nitrogen and oxygen atoms in total. The van der Waals surface area contributed by atoms with Crippen LogP contribution in [0.15, 0.2) is 0 Å². The average Bonchev–Trinajstić information content (AvgIpc) is 2.62. The van der Waals surface area contributed by atoms with Crippen molar-refractivity contribution in [3.63, 3.8) is 0 Å². The zero-order chi connectivity index (χ0) is 13.8. The Balaban J connectivity index is 2.00. The van der Waals surface area contributed by atoms with Crippen LogP contribution in [-0.2, 0) is 4.79 Å². The van der Waals surface area contributed by atoms with Crippen molar-refractivity contribution in [3.8, 4) is 0 Å². The fraction of sp³-hybridized carbons (Fsp3) is 0.933. The van der Waals surface area contributed by atoms with Crippen LogP contribution in [0.3, 0.4) is 0 Å². The van der Waals surface area contributed by atoms with Crippen molar-refractivity contribution in [2.24, 2.45) is 11.7 Å². The van der Waals surface area contributed by atoms with Crippen LogP contribution in [-0.4, -0.2) is 41.1 Å². The summed E-state index contributed by atoms with van der Waals surface area (Å²) in [7, 11) is 1.85. The van der Waals surface area contributed by atoms with E-state index >= 15 is 0 Å². The number of hydrogen-bond donors (Lipinski definition) is 2. The number of carbonyl (C=O) groups excluding carboxylic acids is 1. The lowest BCUT2D eigenvalue weighted by Gasteiger charge is -2.37. The minimum absolute atomic E-state index is 0.00168. The average molecular weight is 268 g/mol. The lowest BCUT2D eigenvalue weighted by molar-refractivity contribution is -0.140. The summed E-state index contributed by atoms with van der Waals surface area (Å²) in [6, 6.07) is -0.00473. The molecule has 0 heterocycles. The Morgan fingerprint density at radius 1 is 1.05 bits per heavy atom. The second-order valence-electron chi connectivity index (χ2n) is 6.28. The van der Waals surface area contributed by atoms with Gasteiger partial charge in [0.2, 0.25) is 5.91 Å². The first kappa shape index (κ1) is 14.8. The van der Waals surface area contributed by atoms with Gasteiger partial charge >= 0.3 is 0 Å². The number of aliphatic hydroxyl groups is 1. The van der Waals surface area contributed by atoms with E-state index in [1.54, 1.807) is 4.90 Å². The van der Waals surface area contributed by atoms with Crippen molar-refractivity contribution in [1.82, 2.24) is 4.90 Å². The molecular formula is C15H28N2O2. The molecule has 1 amide bonds. The molecule has 2 fully saturated rings. The summed E-state index contributed by atoms with van der Waals surface area (Å²) >= 11 is 0. The maximum absolute atomic E-state index is 12.6. The minimum atomic E-state index is -0.357. The predicted octanol–water partition coefficient (Wildman–Crippen LogP) is 1.66. The minimum Gasteiger partial charge on any atom is -0.391 e. The number of amides is 1. The third-order valence-electron chi connectivity index (χ3n) is 4.93. The van der Waals surface area contributed by atoms with Gasteiger partial charge in [-0.3, -0.25) is 4.79 Å². The summed E-state index contributed by atoms with van der Waals surface area (Å²) < 4.78 is 0. The fourth-order valence-electron chi connectivity index (χ4n) is 3.61. The monoisotopic (exact) mass is 268 g/mol. The molecule has 0 radical (unpaired) electrons. The number of hydrogen-bond acceptors (Lipinski definition) is 3. The Morgan fingerprint density at radius 3 is 2.42 bits per heavy atom. The van der Waals surface area contributed by atoms with Crippen LogP contribution in [0.2, 0.25) is 0 Å². The summed E-state index contributed by atoms with van der Waals surface area (Å²) in [6.07, 6.45) is 8.86. The molecule has 0 aliphatic heterocycles. The van der Waals surface area contributed by atoms with Gasteiger partial charge < -0.3 is 15.7 Å². The third kappa shape index (κ3) is 3.48. The maximum atomic E-state index is 12.6. The van der Waals surface area contributed by atoms with Gasteiger partial charge in [0.25, 0.3) is 0 Å². The van der Waals surface area contributed by atoms with Gasteiger partial charge in [-0.1, -0.05) is 32.1 Å². The highest BCUT2D eigenvalue weighted by molar-refractivity contribution is 5.79. The maximum Gasteiger partial charge on any atom is 0.227 e. The quantitative estimate of drug-likeness (QED) is 0.748. The van der Waals surface area contributed by atoms with E-state index in [4.69, 9.17) is 5.73 Å². The second kappa shape index (κ2) is 6.71. The zero-order valence-corrected chi connectivity index (χ0v) is 12.1. The largest absolute Gasteiger partial charge is 0.391 e. The van der Waals surface area contributed by atoms with Gasteiger partial charge in [-0.15, -0.1) is 0 Å². The Bertz CT molecular complexity index is 309. The van der Waals surface area contributed by atoms with E-state index < -0.39 is 0 Å². The van der Waals surface area contributed by atoms with Crippen molar-refractivity contribution in [3.05, 3.63) is 0 Å². The molecule has 4 heteroatoms. The number of likely N-dealkylation sites (N-methyl/N-ethyl adjacent to an activating group) is 1. The van der Waals surface area contributed by atoms with Crippen molar-refractivity contribution in [1.29, 1.82) is 0 Å². The number of nitrogens with two attached hydrogens (primary N) is 1. The molecule has 19 heavy (non-hydrogen) atoms. The highest BCUT2D eigenvalue weighted by Gasteiger charge is 2.35. The zero-order valence-electron chi connectivity index (χ0n) is 12.1. The lowest BCUT2D eigenvalue weighted by atomic mass is 9.89. The van der Waals surface area contributed by atoms with Gasteiger partial charge in [-0.2, -0.15) is 0 Å². The predicted molar refractivity (Wildman–Crippen MR) is 75.6 cm³/mol. The van der Waals surface area contributed by atoms with Gasteiger partial charge in [-0.25, -0.2) is 0 Å². The van der Waals surface area contributed by atoms with Crippen LogP contribution < -0.4 is 5.73 Å². The molecule has 0 bridgehead atoms. The van der Waals surface area contributed by atoms with Gasteiger partial charge in [0.1, 0.15) is 0 Å². The normalized spacial score (nSPS) is 36.6. The SMILES string of the molecule is CN(C(=O)C1CCCCCC1N)C1CCCCC1O. The van der Waals surface area contributed by atoms with Crippen molar-refractivity contribution in [2.45, 2.75) is 76.0 Å². The first-order valence-corrected chi connectivity index (χ1v) is 7.81. The number of aliphatic hydroxyl groups excluding tert-OH is 1. The standard InChI is InChI=1S/C15H28N2O2/c1-17(13-9-5-6-10-14(13)18)15(19)11-7-3-2-4-8-12(11)16/h11-14,18H,2-10,16H2,1H3.